The van der Waals surface area contributed by atoms with Crippen molar-refractivity contribution >= 4 is 10.0 Å². The number of hydrogen-bond acceptors (Lipinski definition) is 5. The largest absolute Gasteiger partial charge is 0.493 e. The van der Waals surface area contributed by atoms with Crippen LogP contribution in [0.25, 0.3) is 0 Å². The van der Waals surface area contributed by atoms with Crippen molar-refractivity contribution in [2.75, 3.05) is 33.9 Å². The summed E-state index contributed by atoms with van der Waals surface area (Å²) < 4.78 is 37.8. The maximum atomic E-state index is 12.8. The van der Waals surface area contributed by atoms with Gasteiger partial charge in [0.15, 0.2) is 11.5 Å². The summed E-state index contributed by atoms with van der Waals surface area (Å²) in [6, 6.07) is 13.1. The van der Waals surface area contributed by atoms with Crippen LogP contribution in [-0.2, 0) is 23.0 Å². The van der Waals surface area contributed by atoms with Crippen LogP contribution in [-0.4, -0.2) is 46.6 Å². The molecule has 0 atom stereocenters. The molecule has 0 aliphatic rings. The van der Waals surface area contributed by atoms with Gasteiger partial charge in [-0.05, 0) is 61.2 Å². The molecule has 30 heavy (non-hydrogen) atoms. The molecule has 0 saturated heterocycles. The lowest BCUT2D eigenvalue weighted by Crippen LogP contribution is -2.32. The lowest BCUT2D eigenvalue weighted by molar-refractivity contribution is 0.354. The molecule has 0 radical (unpaired) electrons. The summed E-state index contributed by atoms with van der Waals surface area (Å²) in [5.74, 6) is 1.45. The fraction of sp³-hybridized carbons (Fsp3) is 0.478. The smallest absolute Gasteiger partial charge is 0.243 e. The molecule has 166 valence electrons. The van der Waals surface area contributed by atoms with E-state index in [0.29, 0.717) is 24.5 Å². The predicted molar refractivity (Wildman–Crippen MR) is 121 cm³/mol. The summed E-state index contributed by atoms with van der Waals surface area (Å²) in [4.78, 5) is 0.360. The molecule has 2 aromatic carbocycles. The summed E-state index contributed by atoms with van der Waals surface area (Å²) in [5, 5.41) is 3.41. The third-order valence-electron chi connectivity index (χ3n) is 4.87. The van der Waals surface area contributed by atoms with Crippen LogP contribution in [0, 0.1) is 0 Å². The average Bonchev–Trinajstić information content (AvgIpc) is 2.76. The number of rotatable bonds is 13. The molecule has 0 saturated carbocycles. The van der Waals surface area contributed by atoms with Crippen LogP contribution in [0.15, 0.2) is 47.4 Å². The number of ether oxygens (including phenoxy) is 2. The van der Waals surface area contributed by atoms with Gasteiger partial charge in [-0.15, -0.1) is 0 Å². The highest BCUT2D eigenvalue weighted by Gasteiger charge is 2.22. The van der Waals surface area contributed by atoms with E-state index >= 15 is 0 Å². The molecule has 0 aliphatic heterocycles. The first-order valence-corrected chi connectivity index (χ1v) is 11.9. The highest BCUT2D eigenvalue weighted by molar-refractivity contribution is 7.89. The second-order valence-electron chi connectivity index (χ2n) is 7.16. The van der Waals surface area contributed by atoms with Gasteiger partial charge in [-0.3, -0.25) is 0 Å². The third kappa shape index (κ3) is 6.45. The van der Waals surface area contributed by atoms with Crippen molar-refractivity contribution < 1.29 is 17.9 Å². The highest BCUT2D eigenvalue weighted by atomic mass is 32.2. The number of methoxy groups -OCH3 is 2. The first-order chi connectivity index (χ1) is 14.5. The van der Waals surface area contributed by atoms with Gasteiger partial charge in [0.1, 0.15) is 0 Å². The summed E-state index contributed by atoms with van der Waals surface area (Å²) >= 11 is 0. The van der Waals surface area contributed by atoms with Gasteiger partial charge < -0.3 is 14.8 Å². The Labute approximate surface area is 181 Å². The molecule has 7 heteroatoms. The Bertz CT molecular complexity index is 877. The minimum atomic E-state index is -3.42. The molecule has 0 unspecified atom stereocenters. The fourth-order valence-electron chi connectivity index (χ4n) is 3.28. The van der Waals surface area contributed by atoms with Crippen molar-refractivity contribution in [1.82, 2.24) is 9.62 Å². The second-order valence-corrected chi connectivity index (χ2v) is 9.10. The lowest BCUT2D eigenvalue weighted by Gasteiger charge is -2.21. The Balaban J connectivity index is 1.90. The SMILES string of the molecule is CCCN(CCC)S(=O)(=O)c1ccc(CNCCc2ccc(OC)c(OC)c2)cc1. The van der Waals surface area contributed by atoms with E-state index in [2.05, 4.69) is 5.32 Å². The molecule has 1 N–H and O–H groups in total. The molecule has 2 rings (SSSR count). The molecular formula is C23H34N2O4S. The third-order valence-corrected chi connectivity index (χ3v) is 6.79. The van der Waals surface area contributed by atoms with E-state index in [0.717, 1.165) is 48.4 Å². The Hall–Kier alpha value is -2.09. The maximum Gasteiger partial charge on any atom is 0.243 e. The van der Waals surface area contributed by atoms with E-state index in [1.807, 2.05) is 44.2 Å². The van der Waals surface area contributed by atoms with E-state index in [-0.39, 0.29) is 0 Å². The number of nitrogens with zero attached hydrogens (tertiary/aromatic N) is 1. The standard InChI is InChI=1S/C23H34N2O4S/c1-5-15-25(16-6-2)30(26,27)21-10-7-20(8-11-21)18-24-14-13-19-9-12-22(28-3)23(17-19)29-4/h7-12,17,24H,5-6,13-16,18H2,1-4H3. The quantitative estimate of drug-likeness (QED) is 0.485. The fourth-order valence-corrected chi connectivity index (χ4v) is 4.90. The number of hydrogen-bond donors (Lipinski definition) is 1. The summed E-state index contributed by atoms with van der Waals surface area (Å²) in [6.45, 7) is 6.58. The van der Waals surface area contributed by atoms with E-state index in [1.165, 1.54) is 0 Å². The minimum absolute atomic E-state index is 0.360. The van der Waals surface area contributed by atoms with Gasteiger partial charge >= 0.3 is 0 Å². The summed E-state index contributed by atoms with van der Waals surface area (Å²) in [5.41, 5.74) is 2.22. The number of benzene rings is 2. The Morgan fingerprint density at radius 3 is 2.03 bits per heavy atom. The maximum absolute atomic E-state index is 12.8. The zero-order valence-corrected chi connectivity index (χ0v) is 19.3. The lowest BCUT2D eigenvalue weighted by atomic mass is 10.1. The van der Waals surface area contributed by atoms with Crippen molar-refractivity contribution in [3.63, 3.8) is 0 Å². The summed E-state index contributed by atoms with van der Waals surface area (Å²) in [7, 11) is -0.167. The topological polar surface area (TPSA) is 67.9 Å². The van der Waals surface area contributed by atoms with Gasteiger partial charge in [0.2, 0.25) is 10.0 Å². The van der Waals surface area contributed by atoms with Crippen molar-refractivity contribution in [1.29, 1.82) is 0 Å². The van der Waals surface area contributed by atoms with Crippen molar-refractivity contribution in [2.24, 2.45) is 0 Å². The van der Waals surface area contributed by atoms with Crippen LogP contribution in [0.3, 0.4) is 0 Å². The highest BCUT2D eigenvalue weighted by Crippen LogP contribution is 2.27. The molecule has 0 fully saturated rings. The first-order valence-electron chi connectivity index (χ1n) is 10.5. The Morgan fingerprint density at radius 2 is 1.47 bits per heavy atom. The van der Waals surface area contributed by atoms with E-state index in [1.54, 1.807) is 30.7 Å². The first kappa shape index (κ1) is 24.2. The van der Waals surface area contributed by atoms with Crippen molar-refractivity contribution in [2.45, 2.75) is 44.6 Å². The van der Waals surface area contributed by atoms with E-state index < -0.39 is 10.0 Å². The molecule has 2 aromatic rings. The normalized spacial score (nSPS) is 11.6. The van der Waals surface area contributed by atoms with Crippen LogP contribution in [0.5, 0.6) is 11.5 Å². The van der Waals surface area contributed by atoms with Crippen LogP contribution in [0.1, 0.15) is 37.8 Å². The van der Waals surface area contributed by atoms with Gasteiger partial charge in [-0.2, -0.15) is 4.31 Å². The monoisotopic (exact) mass is 434 g/mol. The molecule has 0 heterocycles. The number of sulfonamides is 1. The van der Waals surface area contributed by atoms with Crippen LogP contribution < -0.4 is 14.8 Å². The van der Waals surface area contributed by atoms with Crippen molar-refractivity contribution in [3.05, 3.63) is 53.6 Å². The molecule has 0 spiro atoms. The van der Waals surface area contributed by atoms with Gasteiger partial charge in [-0.1, -0.05) is 32.0 Å². The molecule has 0 amide bonds. The minimum Gasteiger partial charge on any atom is -0.493 e. The van der Waals surface area contributed by atoms with Crippen molar-refractivity contribution in [3.8, 4) is 11.5 Å². The summed E-state index contributed by atoms with van der Waals surface area (Å²) in [6.07, 6.45) is 2.47. The molecular weight excluding hydrogens is 400 g/mol. The van der Waals surface area contributed by atoms with Crippen LogP contribution in [0.2, 0.25) is 0 Å². The average molecular weight is 435 g/mol. The van der Waals surface area contributed by atoms with Gasteiger partial charge in [0.05, 0.1) is 19.1 Å². The zero-order chi connectivity index (χ0) is 22.0. The van der Waals surface area contributed by atoms with E-state index in [9.17, 15) is 8.42 Å². The van der Waals surface area contributed by atoms with Gasteiger partial charge in [0.25, 0.3) is 0 Å². The second kappa shape index (κ2) is 11.9. The van der Waals surface area contributed by atoms with Gasteiger partial charge in [-0.25, -0.2) is 8.42 Å². The van der Waals surface area contributed by atoms with E-state index in [4.69, 9.17) is 9.47 Å². The van der Waals surface area contributed by atoms with Crippen LogP contribution >= 0.6 is 0 Å². The Kier molecular flexibility index (Phi) is 9.62. The zero-order valence-electron chi connectivity index (χ0n) is 18.5. The molecule has 0 aliphatic carbocycles. The Morgan fingerprint density at radius 1 is 0.867 bits per heavy atom. The molecule has 6 nitrogen and oxygen atoms in total. The molecule has 0 bridgehead atoms. The predicted octanol–water partition coefficient (Wildman–Crippen LogP) is 3.85. The van der Waals surface area contributed by atoms with Crippen LogP contribution in [0.4, 0.5) is 0 Å². The number of nitrogens with one attached hydrogen (secondary N) is 1. The van der Waals surface area contributed by atoms with Gasteiger partial charge in [0, 0.05) is 19.6 Å². The molecule has 0 aromatic heterocycles.